The Balaban J connectivity index is 1.30. The van der Waals surface area contributed by atoms with Gasteiger partial charge in [-0.3, -0.25) is 4.79 Å². The molecule has 1 heterocycles. The van der Waals surface area contributed by atoms with Crippen molar-refractivity contribution in [3.05, 3.63) is 29.8 Å². The molecule has 1 aliphatic carbocycles. The maximum atomic E-state index is 10.3. The molecule has 0 radical (unpaired) electrons. The molecule has 1 N–H and O–H groups in total. The first-order valence-corrected chi connectivity index (χ1v) is 9.56. The van der Waals surface area contributed by atoms with Gasteiger partial charge in [-0.25, -0.2) is 0 Å². The second-order valence-corrected chi connectivity index (χ2v) is 7.15. The van der Waals surface area contributed by atoms with Crippen molar-refractivity contribution in [2.24, 2.45) is 0 Å². The van der Waals surface area contributed by atoms with Crippen molar-refractivity contribution in [3.63, 3.8) is 0 Å². The van der Waals surface area contributed by atoms with Crippen LogP contribution in [0.5, 0.6) is 5.75 Å². The first kappa shape index (κ1) is 19.1. The molecule has 6 heteroatoms. The van der Waals surface area contributed by atoms with E-state index in [4.69, 9.17) is 14.2 Å². The van der Waals surface area contributed by atoms with E-state index in [0.29, 0.717) is 25.2 Å². The van der Waals surface area contributed by atoms with Crippen LogP contribution in [0, 0.1) is 0 Å². The number of nitrogens with zero attached hydrogens (tertiary/aromatic N) is 1. The maximum Gasteiger partial charge on any atom is 0.207 e. The van der Waals surface area contributed by atoms with E-state index >= 15 is 0 Å². The standard InChI is InChI=1S/C20H30N2O4/c1-24-11-10-22-8-6-18(7-9-22)26-20-12-19(13-20)25-17-4-2-16(3-5-17)14-21-15-23/h2-5,15,18-20H,6-14H2,1H3,(H,21,23)/t19-,20-. The van der Waals surface area contributed by atoms with Crippen LogP contribution in [0.2, 0.25) is 0 Å². The zero-order valence-corrected chi connectivity index (χ0v) is 15.6. The van der Waals surface area contributed by atoms with E-state index in [-0.39, 0.29) is 6.10 Å². The van der Waals surface area contributed by atoms with Crippen LogP contribution in [0.15, 0.2) is 24.3 Å². The number of carbonyl (C=O) groups is 1. The summed E-state index contributed by atoms with van der Waals surface area (Å²) in [6, 6.07) is 7.89. The number of piperidine rings is 1. The van der Waals surface area contributed by atoms with Crippen LogP contribution in [0.1, 0.15) is 31.2 Å². The number of methoxy groups -OCH3 is 1. The molecule has 1 aliphatic heterocycles. The molecule has 1 aromatic rings. The molecule has 0 bridgehead atoms. The van der Waals surface area contributed by atoms with Gasteiger partial charge in [-0.2, -0.15) is 0 Å². The number of rotatable bonds is 10. The fraction of sp³-hybridized carbons (Fsp3) is 0.650. The highest BCUT2D eigenvalue weighted by molar-refractivity contribution is 5.46. The Kier molecular flexibility index (Phi) is 7.29. The number of carbonyl (C=O) groups excluding carboxylic acids is 1. The molecule has 6 nitrogen and oxygen atoms in total. The molecular weight excluding hydrogens is 332 g/mol. The lowest BCUT2D eigenvalue weighted by Crippen LogP contribution is -2.45. The summed E-state index contributed by atoms with van der Waals surface area (Å²) in [6.45, 7) is 4.58. The van der Waals surface area contributed by atoms with Crippen LogP contribution < -0.4 is 10.1 Å². The minimum Gasteiger partial charge on any atom is -0.490 e. The Labute approximate surface area is 155 Å². The van der Waals surface area contributed by atoms with Gasteiger partial charge in [-0.05, 0) is 30.5 Å². The highest BCUT2D eigenvalue weighted by Crippen LogP contribution is 2.30. The molecular formula is C20H30N2O4. The number of hydrogen-bond donors (Lipinski definition) is 1. The van der Waals surface area contributed by atoms with Gasteiger partial charge in [0.05, 0.1) is 18.8 Å². The smallest absolute Gasteiger partial charge is 0.207 e. The molecule has 144 valence electrons. The fourth-order valence-corrected chi connectivity index (χ4v) is 3.52. The average molecular weight is 362 g/mol. The molecule has 0 spiro atoms. The normalized spacial score (nSPS) is 24.0. The summed E-state index contributed by atoms with van der Waals surface area (Å²) in [4.78, 5) is 12.8. The van der Waals surface area contributed by atoms with Crippen LogP contribution in [-0.4, -0.2) is 63.0 Å². The highest BCUT2D eigenvalue weighted by atomic mass is 16.5. The lowest BCUT2D eigenvalue weighted by Gasteiger charge is -2.39. The van der Waals surface area contributed by atoms with Crippen LogP contribution >= 0.6 is 0 Å². The summed E-state index contributed by atoms with van der Waals surface area (Å²) < 4.78 is 17.4. The van der Waals surface area contributed by atoms with Gasteiger partial charge in [0.2, 0.25) is 6.41 Å². The number of nitrogens with one attached hydrogen (secondary N) is 1. The second kappa shape index (κ2) is 9.90. The van der Waals surface area contributed by atoms with E-state index in [1.165, 1.54) is 0 Å². The molecule has 0 aromatic heterocycles. The van der Waals surface area contributed by atoms with Crippen molar-refractivity contribution in [1.29, 1.82) is 0 Å². The molecule has 1 saturated carbocycles. The molecule has 2 fully saturated rings. The molecule has 1 saturated heterocycles. The molecule has 26 heavy (non-hydrogen) atoms. The van der Waals surface area contributed by atoms with Crippen molar-refractivity contribution in [2.75, 3.05) is 33.4 Å². The van der Waals surface area contributed by atoms with E-state index < -0.39 is 0 Å². The van der Waals surface area contributed by atoms with E-state index in [0.717, 1.165) is 63.2 Å². The molecule has 3 rings (SSSR count). The zero-order chi connectivity index (χ0) is 18.2. The third-order valence-electron chi connectivity index (χ3n) is 5.20. The summed E-state index contributed by atoms with van der Waals surface area (Å²) in [5.74, 6) is 0.884. The summed E-state index contributed by atoms with van der Waals surface area (Å²) in [6.07, 6.45) is 5.86. The monoisotopic (exact) mass is 362 g/mol. The quantitative estimate of drug-likeness (QED) is 0.645. The van der Waals surface area contributed by atoms with Crippen LogP contribution in [0.4, 0.5) is 0 Å². The number of hydrogen-bond acceptors (Lipinski definition) is 5. The van der Waals surface area contributed by atoms with Gasteiger partial charge in [0.1, 0.15) is 11.9 Å². The van der Waals surface area contributed by atoms with Gasteiger partial charge < -0.3 is 24.4 Å². The maximum absolute atomic E-state index is 10.3. The first-order valence-electron chi connectivity index (χ1n) is 9.56. The van der Waals surface area contributed by atoms with Gasteiger partial charge in [0.15, 0.2) is 0 Å². The second-order valence-electron chi connectivity index (χ2n) is 7.15. The van der Waals surface area contributed by atoms with Gasteiger partial charge >= 0.3 is 0 Å². The Morgan fingerprint density at radius 3 is 2.50 bits per heavy atom. The van der Waals surface area contributed by atoms with Crippen molar-refractivity contribution >= 4 is 6.41 Å². The highest BCUT2D eigenvalue weighted by Gasteiger charge is 2.34. The van der Waals surface area contributed by atoms with Gasteiger partial charge in [-0.15, -0.1) is 0 Å². The number of benzene rings is 1. The lowest BCUT2D eigenvalue weighted by atomic mass is 9.91. The SMILES string of the molecule is COCCN1CCC(O[C@H]2C[C@H](Oc3ccc(CNC=O)cc3)C2)CC1. The molecule has 0 atom stereocenters. The first-order chi connectivity index (χ1) is 12.8. The summed E-state index contributed by atoms with van der Waals surface area (Å²) in [7, 11) is 1.75. The number of amides is 1. The molecule has 0 unspecified atom stereocenters. The Bertz CT molecular complexity index is 537. The Hall–Kier alpha value is -1.63. The van der Waals surface area contributed by atoms with Crippen molar-refractivity contribution in [3.8, 4) is 5.75 Å². The fourth-order valence-electron chi connectivity index (χ4n) is 3.52. The predicted octanol–water partition coefficient (Wildman–Crippen LogP) is 1.97. The van der Waals surface area contributed by atoms with Gasteiger partial charge in [0.25, 0.3) is 0 Å². The van der Waals surface area contributed by atoms with Crippen molar-refractivity contribution < 1.29 is 19.0 Å². The van der Waals surface area contributed by atoms with Crippen LogP contribution in [0.25, 0.3) is 0 Å². The number of likely N-dealkylation sites (tertiary alicyclic amines) is 1. The largest absolute Gasteiger partial charge is 0.490 e. The minimum absolute atomic E-state index is 0.251. The predicted molar refractivity (Wildman–Crippen MR) is 99.2 cm³/mol. The van der Waals surface area contributed by atoms with E-state index in [1.54, 1.807) is 7.11 Å². The third kappa shape index (κ3) is 5.69. The van der Waals surface area contributed by atoms with E-state index in [1.807, 2.05) is 24.3 Å². The van der Waals surface area contributed by atoms with Crippen LogP contribution in [0.3, 0.4) is 0 Å². The topological polar surface area (TPSA) is 60.0 Å². The summed E-state index contributed by atoms with van der Waals surface area (Å²) in [5, 5.41) is 2.66. The number of ether oxygens (including phenoxy) is 3. The van der Waals surface area contributed by atoms with Gasteiger partial charge in [-0.1, -0.05) is 12.1 Å². The lowest BCUT2D eigenvalue weighted by molar-refractivity contribution is -0.110. The zero-order valence-electron chi connectivity index (χ0n) is 15.6. The van der Waals surface area contributed by atoms with E-state index in [9.17, 15) is 4.79 Å². The van der Waals surface area contributed by atoms with E-state index in [2.05, 4.69) is 10.2 Å². The van der Waals surface area contributed by atoms with Gasteiger partial charge in [0, 0.05) is 46.1 Å². The molecule has 2 aliphatic rings. The van der Waals surface area contributed by atoms with Crippen molar-refractivity contribution in [1.82, 2.24) is 10.2 Å². The van der Waals surface area contributed by atoms with Crippen LogP contribution in [-0.2, 0) is 20.8 Å². The summed E-state index contributed by atoms with van der Waals surface area (Å²) >= 11 is 0. The Morgan fingerprint density at radius 2 is 1.85 bits per heavy atom. The Morgan fingerprint density at radius 1 is 1.12 bits per heavy atom. The average Bonchev–Trinajstić information content (AvgIpc) is 2.65. The molecule has 1 aromatic carbocycles. The third-order valence-corrected chi connectivity index (χ3v) is 5.20. The molecule has 1 amide bonds. The van der Waals surface area contributed by atoms with Crippen molar-refractivity contribution in [2.45, 2.75) is 50.5 Å². The minimum atomic E-state index is 0.251. The summed E-state index contributed by atoms with van der Waals surface area (Å²) in [5.41, 5.74) is 1.07.